The van der Waals surface area contributed by atoms with Gasteiger partial charge in [-0.05, 0) is 38.8 Å². The lowest BCUT2D eigenvalue weighted by atomic mass is 10.4. The Morgan fingerprint density at radius 2 is 0.792 bits per heavy atom. The molecule has 0 aliphatic heterocycles. The zero-order valence-corrected chi connectivity index (χ0v) is 17.4. The summed E-state index contributed by atoms with van der Waals surface area (Å²) in [5, 5.41) is 19.0. The minimum absolute atomic E-state index is 0.0648. The summed E-state index contributed by atoms with van der Waals surface area (Å²) in [5.74, 6) is -2.37. The maximum atomic E-state index is 9.49. The molecule has 0 radical (unpaired) electrons. The molecule has 0 aromatic heterocycles. The van der Waals surface area contributed by atoms with Gasteiger partial charge in [0.1, 0.15) is 0 Å². The Morgan fingerprint density at radius 3 is 0.792 bits per heavy atom. The van der Waals surface area contributed by atoms with Crippen molar-refractivity contribution in [3.8, 4) is 0 Å². The van der Waals surface area contributed by atoms with Gasteiger partial charge in [-0.2, -0.15) is 0 Å². The molecule has 144 valence electrons. The van der Waals surface area contributed by atoms with Gasteiger partial charge in [-0.25, -0.2) is 0 Å². The van der Waals surface area contributed by atoms with Crippen molar-refractivity contribution >= 4 is 11.9 Å². The summed E-state index contributed by atoms with van der Waals surface area (Å²) in [5.41, 5.74) is 0.130. The first kappa shape index (κ1) is 30.2. The quantitative estimate of drug-likeness (QED) is 0.532. The van der Waals surface area contributed by atoms with Crippen molar-refractivity contribution in [1.29, 1.82) is 0 Å². The number of quaternary nitrogens is 2. The van der Waals surface area contributed by atoms with Crippen molar-refractivity contribution in [1.82, 2.24) is 0 Å². The van der Waals surface area contributed by atoms with E-state index in [1.807, 2.05) is 0 Å². The first-order chi connectivity index (χ1) is 10.4. The average molecular weight is 347 g/mol. The molecule has 0 spiro atoms. The van der Waals surface area contributed by atoms with E-state index < -0.39 is 11.9 Å². The van der Waals surface area contributed by atoms with Gasteiger partial charge in [-0.3, -0.25) is 0 Å². The topological polar surface area (TPSA) is 80.3 Å². The number of rotatable bonds is 4. The molecule has 0 saturated heterocycles. The van der Waals surface area contributed by atoms with Crippen LogP contribution in [0.5, 0.6) is 0 Å². The van der Waals surface area contributed by atoms with Crippen LogP contribution in [-0.2, 0) is 9.59 Å². The van der Waals surface area contributed by atoms with E-state index in [0.29, 0.717) is 0 Å². The SMILES string of the molecule is C=C(C)C(=O)[O-].C=C(C)C(=O)[O-].CC[N+](C)(C)C.CC[N+](C)(C)C. The van der Waals surface area contributed by atoms with Gasteiger partial charge in [0.2, 0.25) is 0 Å². The minimum Gasteiger partial charge on any atom is -0.545 e. The summed E-state index contributed by atoms with van der Waals surface area (Å²) in [7, 11) is 13.1. The number of hydrogen-bond acceptors (Lipinski definition) is 4. The second kappa shape index (κ2) is 14.9. The number of hydrogen-bond donors (Lipinski definition) is 0. The third kappa shape index (κ3) is 50.0. The van der Waals surface area contributed by atoms with Crippen LogP contribution in [0.1, 0.15) is 27.7 Å². The van der Waals surface area contributed by atoms with Crippen molar-refractivity contribution in [2.45, 2.75) is 27.7 Å². The Balaban J connectivity index is -0.000000111. The largest absolute Gasteiger partial charge is 0.545 e. The molecule has 0 aliphatic carbocycles. The molecule has 0 unspecified atom stereocenters. The van der Waals surface area contributed by atoms with Crippen molar-refractivity contribution in [3.63, 3.8) is 0 Å². The molecule has 0 aliphatic rings. The number of aliphatic carboxylic acids is 2. The van der Waals surface area contributed by atoms with Crippen LogP contribution in [0.15, 0.2) is 24.3 Å². The predicted molar refractivity (Wildman–Crippen MR) is 96.8 cm³/mol. The first-order valence-electron chi connectivity index (χ1n) is 7.75. The normalized spacial score (nSPS) is 9.75. The van der Waals surface area contributed by atoms with E-state index in [9.17, 15) is 19.8 Å². The third-order valence-corrected chi connectivity index (χ3v) is 2.59. The van der Waals surface area contributed by atoms with Crippen LogP contribution in [0, 0.1) is 0 Å². The van der Waals surface area contributed by atoms with E-state index in [1.54, 1.807) is 0 Å². The molecule has 0 aromatic carbocycles. The van der Waals surface area contributed by atoms with Crippen LogP contribution in [0.2, 0.25) is 0 Å². The van der Waals surface area contributed by atoms with E-state index in [4.69, 9.17) is 0 Å². The van der Waals surface area contributed by atoms with Crippen LogP contribution in [0.25, 0.3) is 0 Å². The lowest BCUT2D eigenvalue weighted by molar-refractivity contribution is -0.868. The molecule has 0 N–H and O–H groups in total. The molecule has 0 atom stereocenters. The number of carbonyl (C=O) groups is 2. The molecule has 0 rings (SSSR count). The summed E-state index contributed by atoms with van der Waals surface area (Å²) < 4.78 is 2.14. The van der Waals surface area contributed by atoms with Crippen LogP contribution in [0.3, 0.4) is 0 Å². The van der Waals surface area contributed by atoms with E-state index >= 15 is 0 Å². The fourth-order valence-corrected chi connectivity index (χ4v) is 0. The highest BCUT2D eigenvalue weighted by atomic mass is 16.4. The van der Waals surface area contributed by atoms with Gasteiger partial charge in [-0.1, -0.05) is 13.2 Å². The van der Waals surface area contributed by atoms with Crippen molar-refractivity contribution < 1.29 is 28.8 Å². The second-order valence-corrected chi connectivity index (χ2v) is 7.35. The zero-order chi connectivity index (χ0) is 20.7. The highest BCUT2D eigenvalue weighted by molar-refractivity contribution is 5.83. The van der Waals surface area contributed by atoms with Gasteiger partial charge in [-0.15, -0.1) is 0 Å². The van der Waals surface area contributed by atoms with Gasteiger partial charge in [0.25, 0.3) is 0 Å². The molecular weight excluding hydrogens is 308 g/mol. The smallest absolute Gasteiger partial charge is 0.0751 e. The first-order valence-corrected chi connectivity index (χ1v) is 7.75. The monoisotopic (exact) mass is 346 g/mol. The summed E-state index contributed by atoms with van der Waals surface area (Å²) >= 11 is 0. The highest BCUT2D eigenvalue weighted by Crippen LogP contribution is 1.84. The molecular formula is C18H38N2O4. The standard InChI is InChI=1S/2C5H14N.2C4H6O2/c2*1-5-6(2,3)4;2*1-3(2)4(5)6/h2*5H2,1-4H3;2*1H2,2H3,(H,5,6)/q2*+1;;/p-2. The number of carboxylic acid groups (broad SMARTS) is 2. The maximum absolute atomic E-state index is 9.49. The fourth-order valence-electron chi connectivity index (χ4n) is 0. The van der Waals surface area contributed by atoms with E-state index in [0.717, 1.165) is 8.97 Å². The van der Waals surface area contributed by atoms with Gasteiger partial charge in [0, 0.05) is 0 Å². The molecule has 24 heavy (non-hydrogen) atoms. The number of carbonyl (C=O) groups excluding carboxylic acids is 2. The molecule has 0 bridgehead atoms. The maximum Gasteiger partial charge on any atom is 0.0751 e. The Kier molecular flexibility index (Phi) is 18.8. The second-order valence-electron chi connectivity index (χ2n) is 7.35. The Hall–Kier alpha value is -1.66. The summed E-state index contributed by atoms with van der Waals surface area (Å²) in [6.07, 6.45) is 0. The molecule has 0 amide bonds. The Labute approximate surface area is 148 Å². The van der Waals surface area contributed by atoms with Gasteiger partial charge in [0.05, 0.1) is 67.3 Å². The Bertz CT molecular complexity index is 327. The lowest BCUT2D eigenvalue weighted by Crippen LogP contribution is -2.33. The third-order valence-electron chi connectivity index (χ3n) is 2.59. The molecule has 0 fully saturated rings. The van der Waals surface area contributed by atoms with E-state index in [2.05, 4.69) is 69.3 Å². The fraction of sp³-hybridized carbons (Fsp3) is 0.667. The zero-order valence-electron chi connectivity index (χ0n) is 17.4. The summed E-state index contributed by atoms with van der Waals surface area (Å²) in [6, 6.07) is 0. The Morgan fingerprint density at radius 1 is 0.708 bits per heavy atom. The van der Waals surface area contributed by atoms with E-state index in [-0.39, 0.29) is 11.1 Å². The van der Waals surface area contributed by atoms with Gasteiger partial charge in [0.15, 0.2) is 0 Å². The molecule has 0 saturated carbocycles. The number of carboxylic acids is 2. The van der Waals surface area contributed by atoms with Gasteiger partial charge < -0.3 is 28.8 Å². The van der Waals surface area contributed by atoms with Crippen molar-refractivity contribution in [2.75, 3.05) is 55.4 Å². The van der Waals surface area contributed by atoms with Crippen LogP contribution < -0.4 is 10.2 Å². The number of nitrogens with zero attached hydrogens (tertiary/aromatic N) is 2. The summed E-state index contributed by atoms with van der Waals surface area (Å²) in [4.78, 5) is 19.0. The highest BCUT2D eigenvalue weighted by Gasteiger charge is 1.98. The lowest BCUT2D eigenvalue weighted by Gasteiger charge is -2.20. The predicted octanol–water partition coefficient (Wildman–Crippen LogP) is 0.0498. The molecule has 0 aromatic rings. The molecule has 0 heterocycles. The average Bonchev–Trinajstić information content (AvgIpc) is 2.39. The van der Waals surface area contributed by atoms with Crippen LogP contribution >= 0.6 is 0 Å². The summed E-state index contributed by atoms with van der Waals surface area (Å²) in [6.45, 7) is 15.7. The van der Waals surface area contributed by atoms with Gasteiger partial charge >= 0.3 is 0 Å². The minimum atomic E-state index is -1.19. The van der Waals surface area contributed by atoms with Crippen LogP contribution in [-0.4, -0.2) is 76.3 Å². The molecule has 6 heteroatoms. The van der Waals surface area contributed by atoms with Crippen molar-refractivity contribution in [3.05, 3.63) is 24.3 Å². The van der Waals surface area contributed by atoms with Crippen molar-refractivity contribution in [2.24, 2.45) is 0 Å². The van der Waals surface area contributed by atoms with E-state index in [1.165, 1.54) is 26.9 Å². The van der Waals surface area contributed by atoms with Crippen LogP contribution in [0.4, 0.5) is 0 Å². The molecule has 6 nitrogen and oxygen atoms in total.